The lowest BCUT2D eigenvalue weighted by Gasteiger charge is -2.34. The second kappa shape index (κ2) is 9.66. The molecule has 8 rings (SSSR count). The summed E-state index contributed by atoms with van der Waals surface area (Å²) in [4.78, 5) is 17.1. The molecule has 11 heteroatoms. The molecule has 0 radical (unpaired) electrons. The average Bonchev–Trinajstić information content (AvgIpc) is 3.73. The molecule has 0 saturated carbocycles. The zero-order valence-corrected chi connectivity index (χ0v) is 24.0. The fourth-order valence-electron chi connectivity index (χ4n) is 7.70. The summed E-state index contributed by atoms with van der Waals surface area (Å²) in [5.74, 6) is -0.972. The number of nitrogens with zero attached hydrogens (tertiary/aromatic N) is 4. The molecule has 0 aliphatic carbocycles. The van der Waals surface area contributed by atoms with E-state index in [1.54, 1.807) is 18.3 Å². The smallest absolute Gasteiger partial charge is 0.319 e. The van der Waals surface area contributed by atoms with Crippen molar-refractivity contribution in [1.82, 2.24) is 25.2 Å². The van der Waals surface area contributed by atoms with Crippen LogP contribution >= 0.6 is 23.2 Å². The maximum absolute atomic E-state index is 16.6. The molecule has 2 atom stereocenters. The Bertz CT molecular complexity index is 1670. The Labute approximate surface area is 246 Å². The van der Waals surface area contributed by atoms with Crippen LogP contribution < -0.4 is 15.0 Å². The summed E-state index contributed by atoms with van der Waals surface area (Å²) in [7, 11) is 0. The number of benzene rings is 2. The molecule has 41 heavy (non-hydrogen) atoms. The highest BCUT2D eigenvalue weighted by Crippen LogP contribution is 2.43. The van der Waals surface area contributed by atoms with E-state index in [2.05, 4.69) is 25.1 Å². The number of ether oxygens (including phenoxy) is 1. The van der Waals surface area contributed by atoms with Crippen molar-refractivity contribution in [2.24, 2.45) is 0 Å². The Morgan fingerprint density at radius 1 is 1.05 bits per heavy atom. The minimum absolute atomic E-state index is 0.0147. The first-order valence-electron chi connectivity index (χ1n) is 14.4. The van der Waals surface area contributed by atoms with E-state index in [9.17, 15) is 0 Å². The largest absolute Gasteiger partial charge is 0.461 e. The standard InChI is InChI=1S/C30H30Cl2F2N6O/c31-20-5-6-22-24(25(20)32)19(12-35-22)23-21(33)11-18-27(26(23)34)37-29(41-15-30-7-1-9-40(30)10-2-8-30)38-28(18)39-13-16-3-4-17(14-39)36-16/h5-6,11-12,16-17,35-36H,1-4,7-10,13-15H2/t16-,17+. The van der Waals surface area contributed by atoms with Crippen LogP contribution in [0, 0.1) is 11.6 Å². The average molecular weight is 600 g/mol. The number of anilines is 1. The van der Waals surface area contributed by atoms with Crippen LogP contribution in [0.4, 0.5) is 14.6 Å². The molecular formula is C30H30Cl2F2N6O. The van der Waals surface area contributed by atoms with Gasteiger partial charge in [-0.05, 0) is 69.8 Å². The summed E-state index contributed by atoms with van der Waals surface area (Å²) in [6, 6.07) is 5.51. The molecule has 0 unspecified atom stereocenters. The molecule has 0 amide bonds. The summed E-state index contributed by atoms with van der Waals surface area (Å²) in [6.45, 7) is 4.02. The Morgan fingerprint density at radius 3 is 2.56 bits per heavy atom. The van der Waals surface area contributed by atoms with E-state index in [1.165, 1.54) is 6.07 Å². The molecule has 2 aromatic carbocycles. The first-order chi connectivity index (χ1) is 19.9. The number of hydrogen-bond acceptors (Lipinski definition) is 6. The van der Waals surface area contributed by atoms with Crippen LogP contribution in [0.25, 0.3) is 32.9 Å². The van der Waals surface area contributed by atoms with E-state index in [0.717, 1.165) is 51.6 Å². The number of nitrogens with one attached hydrogen (secondary N) is 2. The summed E-state index contributed by atoms with van der Waals surface area (Å²) in [5.41, 5.74) is 0.735. The quantitative estimate of drug-likeness (QED) is 0.280. The Balaban J connectivity index is 1.27. The van der Waals surface area contributed by atoms with Gasteiger partial charge in [0, 0.05) is 53.2 Å². The number of fused-ring (bicyclic) bond motifs is 5. The number of halogens is 4. The van der Waals surface area contributed by atoms with Crippen LogP contribution in [0.2, 0.25) is 10.0 Å². The Hall–Kier alpha value is -2.72. The predicted molar refractivity (Wildman–Crippen MR) is 157 cm³/mol. The first-order valence-corrected chi connectivity index (χ1v) is 15.2. The van der Waals surface area contributed by atoms with Gasteiger partial charge in [-0.3, -0.25) is 4.90 Å². The van der Waals surface area contributed by atoms with Gasteiger partial charge in [0.1, 0.15) is 23.8 Å². The van der Waals surface area contributed by atoms with Crippen molar-refractivity contribution in [3.05, 3.63) is 46.1 Å². The van der Waals surface area contributed by atoms with Crippen LogP contribution in [0.3, 0.4) is 0 Å². The third-order valence-corrected chi connectivity index (χ3v) is 10.4. The van der Waals surface area contributed by atoms with E-state index in [4.69, 9.17) is 32.9 Å². The molecule has 6 heterocycles. The molecular weight excluding hydrogens is 569 g/mol. The minimum atomic E-state index is -0.773. The number of piperazine rings is 1. The molecule has 2 bridgehead atoms. The SMILES string of the molecule is Fc1cc2c(N3C[C@H]4CC[C@@H](C3)N4)nc(OCC34CCCN3CCC4)nc2c(F)c1-c1c[nH]c2ccc(Cl)c(Cl)c12. The third-order valence-electron chi connectivity index (χ3n) is 9.64. The van der Waals surface area contributed by atoms with Crippen LogP contribution in [0.15, 0.2) is 24.4 Å². The Morgan fingerprint density at radius 2 is 1.80 bits per heavy atom. The van der Waals surface area contributed by atoms with Gasteiger partial charge in [-0.15, -0.1) is 0 Å². The van der Waals surface area contributed by atoms with E-state index in [1.807, 2.05) is 0 Å². The molecule has 214 valence electrons. The summed E-state index contributed by atoms with van der Waals surface area (Å²) < 4.78 is 38.9. The zero-order valence-electron chi connectivity index (χ0n) is 22.5. The lowest BCUT2D eigenvalue weighted by molar-refractivity contribution is 0.108. The monoisotopic (exact) mass is 598 g/mol. The van der Waals surface area contributed by atoms with E-state index in [0.29, 0.717) is 64.5 Å². The highest BCUT2D eigenvalue weighted by Gasteiger charge is 2.45. The van der Waals surface area contributed by atoms with Gasteiger partial charge in [-0.2, -0.15) is 9.97 Å². The number of H-pyrrole nitrogens is 1. The predicted octanol–water partition coefficient (Wildman–Crippen LogP) is 6.31. The van der Waals surface area contributed by atoms with Crippen molar-refractivity contribution >= 4 is 50.8 Å². The van der Waals surface area contributed by atoms with Crippen molar-refractivity contribution in [2.75, 3.05) is 37.7 Å². The van der Waals surface area contributed by atoms with E-state index < -0.39 is 11.6 Å². The molecule has 4 aromatic rings. The first kappa shape index (κ1) is 25.9. The van der Waals surface area contributed by atoms with Crippen molar-refractivity contribution in [1.29, 1.82) is 0 Å². The van der Waals surface area contributed by atoms with E-state index >= 15 is 8.78 Å². The number of rotatable bonds is 5. The van der Waals surface area contributed by atoms with Crippen molar-refractivity contribution in [2.45, 2.75) is 56.1 Å². The Kier molecular flexibility index (Phi) is 6.11. The second-order valence-electron chi connectivity index (χ2n) is 12.0. The maximum atomic E-state index is 16.6. The molecule has 4 fully saturated rings. The number of hydrogen-bond donors (Lipinski definition) is 2. The minimum Gasteiger partial charge on any atom is -0.461 e. The van der Waals surface area contributed by atoms with Gasteiger partial charge in [0.05, 0.1) is 21.1 Å². The van der Waals surface area contributed by atoms with Gasteiger partial charge >= 0.3 is 6.01 Å². The second-order valence-corrected chi connectivity index (χ2v) is 12.8. The molecule has 2 N–H and O–H groups in total. The number of aromatic amines is 1. The molecule has 4 saturated heterocycles. The van der Waals surface area contributed by atoms with Gasteiger partial charge in [0.25, 0.3) is 0 Å². The van der Waals surface area contributed by atoms with Crippen LogP contribution in [0.5, 0.6) is 6.01 Å². The van der Waals surface area contributed by atoms with Gasteiger partial charge in [-0.1, -0.05) is 23.2 Å². The van der Waals surface area contributed by atoms with Crippen LogP contribution in [-0.2, 0) is 0 Å². The molecule has 2 aromatic heterocycles. The molecule has 4 aliphatic rings. The normalized spacial score (nSPS) is 23.7. The molecule has 4 aliphatic heterocycles. The van der Waals surface area contributed by atoms with Crippen LogP contribution in [-0.4, -0.2) is 70.3 Å². The van der Waals surface area contributed by atoms with Crippen molar-refractivity contribution in [3.8, 4) is 17.1 Å². The third kappa shape index (κ3) is 4.11. The summed E-state index contributed by atoms with van der Waals surface area (Å²) >= 11 is 12.8. The highest BCUT2D eigenvalue weighted by atomic mass is 35.5. The summed E-state index contributed by atoms with van der Waals surface area (Å²) in [6.07, 6.45) is 8.13. The molecule has 0 spiro atoms. The van der Waals surface area contributed by atoms with Gasteiger partial charge in [0.15, 0.2) is 5.82 Å². The summed E-state index contributed by atoms with van der Waals surface area (Å²) in [5, 5.41) is 4.96. The highest BCUT2D eigenvalue weighted by molar-refractivity contribution is 6.46. The fraction of sp³-hybridized carbons (Fsp3) is 0.467. The van der Waals surface area contributed by atoms with E-state index in [-0.39, 0.29) is 27.7 Å². The van der Waals surface area contributed by atoms with Crippen molar-refractivity contribution < 1.29 is 13.5 Å². The lowest BCUT2D eigenvalue weighted by atomic mass is 9.95. The maximum Gasteiger partial charge on any atom is 0.319 e. The fourth-order valence-corrected chi connectivity index (χ4v) is 8.12. The van der Waals surface area contributed by atoms with Gasteiger partial charge < -0.3 is 19.9 Å². The zero-order chi connectivity index (χ0) is 27.9. The number of aromatic nitrogens is 3. The van der Waals surface area contributed by atoms with Gasteiger partial charge in [-0.25, -0.2) is 8.78 Å². The lowest BCUT2D eigenvalue weighted by Crippen LogP contribution is -2.51. The van der Waals surface area contributed by atoms with Gasteiger partial charge in [0.2, 0.25) is 0 Å². The topological polar surface area (TPSA) is 69.3 Å². The van der Waals surface area contributed by atoms with Crippen LogP contribution in [0.1, 0.15) is 38.5 Å². The molecule has 7 nitrogen and oxygen atoms in total. The van der Waals surface area contributed by atoms with Crippen molar-refractivity contribution in [3.63, 3.8) is 0 Å².